The number of hydrogen-bond donors (Lipinski definition) is 2. The number of pyridine rings is 1. The molecule has 0 aliphatic carbocycles. The van der Waals surface area contributed by atoms with Gasteiger partial charge in [0.15, 0.2) is 0 Å². The van der Waals surface area contributed by atoms with Gasteiger partial charge in [-0.3, -0.25) is 4.98 Å². The normalized spacial score (nSPS) is 12.0. The summed E-state index contributed by atoms with van der Waals surface area (Å²) in [5.41, 5.74) is 2.58. The zero-order valence-electron chi connectivity index (χ0n) is 16.6. The lowest BCUT2D eigenvalue weighted by atomic mass is 10.0. The Bertz CT molecular complexity index is 974. The van der Waals surface area contributed by atoms with Crippen LogP contribution in [0.2, 0.25) is 0 Å². The minimum atomic E-state index is -0.459. The molecule has 0 fully saturated rings. The Morgan fingerprint density at radius 3 is 2.75 bits per heavy atom. The third-order valence-electron chi connectivity index (χ3n) is 4.23. The van der Waals surface area contributed by atoms with E-state index in [0.717, 1.165) is 22.3 Å². The molecule has 0 saturated carbocycles. The molecule has 0 bridgehead atoms. The first-order chi connectivity index (χ1) is 13.4. The van der Waals surface area contributed by atoms with Gasteiger partial charge in [0.25, 0.3) is 0 Å². The van der Waals surface area contributed by atoms with E-state index in [2.05, 4.69) is 39.4 Å². The Morgan fingerprint density at radius 2 is 2.00 bits per heavy atom. The second kappa shape index (κ2) is 8.65. The third-order valence-corrected chi connectivity index (χ3v) is 4.23. The smallest absolute Gasteiger partial charge is 0.328 e. The van der Waals surface area contributed by atoms with Crippen LogP contribution in [0, 0.1) is 12.8 Å². The molecule has 1 unspecified atom stereocenters. The molecule has 7 nitrogen and oxygen atoms in total. The van der Waals surface area contributed by atoms with E-state index in [0.29, 0.717) is 24.1 Å². The predicted molar refractivity (Wildman–Crippen MR) is 111 cm³/mol. The van der Waals surface area contributed by atoms with Crippen molar-refractivity contribution in [2.45, 2.75) is 33.2 Å². The van der Waals surface area contributed by atoms with Crippen LogP contribution in [0.15, 0.2) is 42.6 Å². The van der Waals surface area contributed by atoms with E-state index in [1.165, 1.54) is 7.11 Å². The number of anilines is 3. The van der Waals surface area contributed by atoms with Crippen molar-refractivity contribution in [1.29, 1.82) is 0 Å². The van der Waals surface area contributed by atoms with Crippen molar-refractivity contribution >= 4 is 34.3 Å². The highest BCUT2D eigenvalue weighted by atomic mass is 16.5. The molecule has 3 rings (SSSR count). The number of nitrogens with one attached hydrogen (secondary N) is 2. The maximum absolute atomic E-state index is 12.1. The molecule has 2 heterocycles. The van der Waals surface area contributed by atoms with Gasteiger partial charge in [-0.2, -0.15) is 4.98 Å². The van der Waals surface area contributed by atoms with Gasteiger partial charge >= 0.3 is 5.97 Å². The van der Waals surface area contributed by atoms with Gasteiger partial charge in [-0.05, 0) is 43.5 Å². The summed E-state index contributed by atoms with van der Waals surface area (Å²) in [7, 11) is 1.39. The third kappa shape index (κ3) is 4.94. The van der Waals surface area contributed by atoms with E-state index in [9.17, 15) is 4.79 Å². The zero-order chi connectivity index (χ0) is 20.1. The van der Waals surface area contributed by atoms with Crippen LogP contribution in [0.25, 0.3) is 10.9 Å². The van der Waals surface area contributed by atoms with Crippen molar-refractivity contribution in [3.63, 3.8) is 0 Å². The molecule has 0 spiro atoms. The van der Waals surface area contributed by atoms with Crippen molar-refractivity contribution in [2.75, 3.05) is 17.7 Å². The summed E-state index contributed by atoms with van der Waals surface area (Å²) in [6.07, 6.45) is 2.42. The number of carbonyl (C=O) groups excluding carboxylic acids is 1. The van der Waals surface area contributed by atoms with Crippen molar-refractivity contribution in [1.82, 2.24) is 15.0 Å². The standard InChI is InChI=1S/C21H25N5O2/c1-13(2)10-18(20(27)28-4)25-19-11-14(3)23-21(26-19)24-16-7-8-17-15(12-16)6-5-9-22-17/h5-9,11-13,18H,10H2,1-4H3,(H2,23,24,25,26). The Kier molecular flexibility index (Phi) is 6.03. The first kappa shape index (κ1) is 19.5. The summed E-state index contributed by atoms with van der Waals surface area (Å²) < 4.78 is 4.92. The SMILES string of the molecule is COC(=O)C(CC(C)C)Nc1cc(C)nc(Nc2ccc3ncccc3c2)n1. The molecule has 0 aliphatic heterocycles. The van der Waals surface area contributed by atoms with Crippen LogP contribution in [0.3, 0.4) is 0 Å². The molecule has 28 heavy (non-hydrogen) atoms. The van der Waals surface area contributed by atoms with E-state index in [-0.39, 0.29) is 5.97 Å². The van der Waals surface area contributed by atoms with E-state index in [4.69, 9.17) is 4.74 Å². The summed E-state index contributed by atoms with van der Waals surface area (Å²) in [5, 5.41) is 7.44. The molecule has 146 valence electrons. The fraction of sp³-hybridized carbons (Fsp3) is 0.333. The lowest BCUT2D eigenvalue weighted by molar-refractivity contribution is -0.141. The van der Waals surface area contributed by atoms with Crippen molar-refractivity contribution in [2.24, 2.45) is 5.92 Å². The lowest BCUT2D eigenvalue weighted by Gasteiger charge is -2.19. The second-order valence-corrected chi connectivity index (χ2v) is 7.10. The Labute approximate surface area is 164 Å². The molecule has 0 amide bonds. The van der Waals surface area contributed by atoms with E-state index < -0.39 is 6.04 Å². The number of aryl methyl sites for hydroxylation is 1. The minimum absolute atomic E-state index is 0.304. The van der Waals surface area contributed by atoms with Crippen LogP contribution in [0.5, 0.6) is 0 Å². The van der Waals surface area contributed by atoms with Gasteiger partial charge in [0.1, 0.15) is 11.9 Å². The average molecular weight is 379 g/mol. The number of benzene rings is 1. The number of ether oxygens (including phenoxy) is 1. The molecule has 1 aromatic carbocycles. The van der Waals surface area contributed by atoms with Gasteiger partial charge in [0, 0.05) is 29.0 Å². The zero-order valence-corrected chi connectivity index (χ0v) is 16.6. The number of methoxy groups -OCH3 is 1. The largest absolute Gasteiger partial charge is 0.467 e. The Hall–Kier alpha value is -3.22. The number of carbonyl (C=O) groups is 1. The van der Waals surface area contributed by atoms with E-state index in [1.54, 1.807) is 6.20 Å². The first-order valence-corrected chi connectivity index (χ1v) is 9.26. The molecule has 3 aromatic rings. The fourth-order valence-corrected chi connectivity index (χ4v) is 2.99. The van der Waals surface area contributed by atoms with Crippen molar-refractivity contribution < 1.29 is 9.53 Å². The summed E-state index contributed by atoms with van der Waals surface area (Å²) in [5.74, 6) is 1.07. The predicted octanol–water partition coefficient (Wildman–Crippen LogP) is 4.08. The summed E-state index contributed by atoms with van der Waals surface area (Å²) >= 11 is 0. The maximum atomic E-state index is 12.1. The number of rotatable bonds is 7. The molecule has 0 radical (unpaired) electrons. The highest BCUT2D eigenvalue weighted by Gasteiger charge is 2.21. The van der Waals surface area contributed by atoms with Gasteiger partial charge in [-0.15, -0.1) is 0 Å². The molecule has 0 saturated heterocycles. The molecule has 2 aromatic heterocycles. The first-order valence-electron chi connectivity index (χ1n) is 9.26. The number of hydrogen-bond acceptors (Lipinski definition) is 7. The average Bonchev–Trinajstić information content (AvgIpc) is 2.66. The van der Waals surface area contributed by atoms with Gasteiger partial charge in [-0.1, -0.05) is 19.9 Å². The quantitative estimate of drug-likeness (QED) is 0.598. The number of esters is 1. The molecular weight excluding hydrogens is 354 g/mol. The molecular formula is C21H25N5O2. The van der Waals surface area contributed by atoms with E-state index in [1.807, 2.05) is 43.3 Å². The van der Waals surface area contributed by atoms with Crippen LogP contribution >= 0.6 is 0 Å². The highest BCUT2D eigenvalue weighted by Crippen LogP contribution is 2.21. The van der Waals surface area contributed by atoms with Crippen LogP contribution in [0.4, 0.5) is 17.5 Å². The van der Waals surface area contributed by atoms with Crippen LogP contribution in [-0.2, 0) is 9.53 Å². The Morgan fingerprint density at radius 1 is 1.18 bits per heavy atom. The minimum Gasteiger partial charge on any atom is -0.467 e. The summed E-state index contributed by atoms with van der Waals surface area (Å²) in [6, 6.07) is 11.1. The van der Waals surface area contributed by atoms with E-state index >= 15 is 0 Å². The summed E-state index contributed by atoms with van der Waals surface area (Å²) in [6.45, 7) is 6.01. The van der Waals surface area contributed by atoms with Gasteiger partial charge < -0.3 is 15.4 Å². The molecule has 1 atom stereocenters. The maximum Gasteiger partial charge on any atom is 0.328 e. The topological polar surface area (TPSA) is 89.0 Å². The number of aromatic nitrogens is 3. The van der Waals surface area contributed by atoms with Gasteiger partial charge in [0.2, 0.25) is 5.95 Å². The van der Waals surface area contributed by atoms with Crippen LogP contribution in [0.1, 0.15) is 26.0 Å². The van der Waals surface area contributed by atoms with Crippen molar-refractivity contribution in [3.05, 3.63) is 48.3 Å². The van der Waals surface area contributed by atoms with Gasteiger partial charge in [0.05, 0.1) is 12.6 Å². The lowest BCUT2D eigenvalue weighted by Crippen LogP contribution is -2.32. The van der Waals surface area contributed by atoms with Gasteiger partial charge in [-0.25, -0.2) is 9.78 Å². The molecule has 0 aliphatic rings. The monoisotopic (exact) mass is 379 g/mol. The molecule has 7 heteroatoms. The van der Waals surface area contributed by atoms with Crippen molar-refractivity contribution in [3.8, 4) is 0 Å². The molecule has 2 N–H and O–H groups in total. The number of fused-ring (bicyclic) bond motifs is 1. The number of nitrogens with zero attached hydrogens (tertiary/aromatic N) is 3. The highest BCUT2D eigenvalue weighted by molar-refractivity contribution is 5.83. The Balaban J connectivity index is 1.82. The summed E-state index contributed by atoms with van der Waals surface area (Å²) in [4.78, 5) is 25.4. The van der Waals surface area contributed by atoms with Crippen LogP contribution < -0.4 is 10.6 Å². The van der Waals surface area contributed by atoms with Crippen LogP contribution in [-0.4, -0.2) is 34.1 Å². The fourth-order valence-electron chi connectivity index (χ4n) is 2.99. The second-order valence-electron chi connectivity index (χ2n) is 7.10.